The molecule has 4 aromatic rings. The van der Waals surface area contributed by atoms with Gasteiger partial charge in [-0.05, 0) is 47.7 Å². The van der Waals surface area contributed by atoms with Crippen LogP contribution in [0.4, 0.5) is 4.39 Å². The molecule has 0 radical (unpaired) electrons. The maximum atomic E-state index is 13.3. The maximum Gasteiger partial charge on any atom is 0.185 e. The summed E-state index contributed by atoms with van der Waals surface area (Å²) in [6.45, 7) is 0.484. The zero-order valence-corrected chi connectivity index (χ0v) is 17.0. The molecule has 4 rings (SSSR count). The Balaban J connectivity index is 1.31. The molecule has 0 amide bonds. The van der Waals surface area contributed by atoms with E-state index in [2.05, 4.69) is 10.3 Å². The van der Waals surface area contributed by atoms with E-state index in [1.54, 1.807) is 16.8 Å². The fraction of sp³-hybridized carbons (Fsp3) is 0.115. The van der Waals surface area contributed by atoms with Crippen LogP contribution < -0.4 is 0 Å². The monoisotopic (exact) mass is 411 g/mol. The van der Waals surface area contributed by atoms with Crippen LogP contribution in [-0.4, -0.2) is 20.8 Å². The molecule has 3 aromatic carbocycles. The third-order valence-electron chi connectivity index (χ3n) is 4.95. The molecule has 0 aliphatic carbocycles. The van der Waals surface area contributed by atoms with Gasteiger partial charge in [-0.15, -0.1) is 5.10 Å². The van der Waals surface area contributed by atoms with Crippen LogP contribution >= 0.6 is 0 Å². The smallest absolute Gasteiger partial charge is 0.185 e. The number of halogens is 1. The first-order chi connectivity index (χ1) is 15.2. The second kappa shape index (κ2) is 9.76. The Bertz CT molecular complexity index is 1180. The minimum atomic E-state index is -0.254. The van der Waals surface area contributed by atoms with Crippen molar-refractivity contribution in [2.75, 3.05) is 0 Å². The normalized spacial score (nSPS) is 11.1. The number of hydrogen-bond acceptors (Lipinski definition) is 3. The van der Waals surface area contributed by atoms with E-state index in [-0.39, 0.29) is 11.6 Å². The molecule has 0 fully saturated rings. The van der Waals surface area contributed by atoms with Gasteiger partial charge in [0.05, 0.1) is 12.2 Å². The van der Waals surface area contributed by atoms with Crippen molar-refractivity contribution in [3.8, 4) is 0 Å². The minimum Gasteiger partial charge on any atom is -0.289 e. The third kappa shape index (κ3) is 5.82. The van der Waals surface area contributed by atoms with Gasteiger partial charge in [0, 0.05) is 11.8 Å². The highest BCUT2D eigenvalue weighted by Crippen LogP contribution is 2.11. The number of carbonyl (C=O) groups excluding carboxylic acids is 1. The van der Waals surface area contributed by atoms with Crippen LogP contribution in [0.15, 0.2) is 91.1 Å². The molecule has 0 unspecified atom stereocenters. The summed E-state index contributed by atoms with van der Waals surface area (Å²) in [4.78, 5) is 12.4. The number of carbonyl (C=O) groups is 1. The van der Waals surface area contributed by atoms with Crippen LogP contribution in [0.2, 0.25) is 0 Å². The van der Waals surface area contributed by atoms with Crippen molar-refractivity contribution in [2.24, 2.45) is 0 Å². The lowest BCUT2D eigenvalue weighted by molar-refractivity contribution is 0.104. The topological polar surface area (TPSA) is 47.8 Å². The molecule has 0 bridgehead atoms. The van der Waals surface area contributed by atoms with Crippen molar-refractivity contribution in [1.82, 2.24) is 15.0 Å². The molecule has 0 aliphatic rings. The lowest BCUT2D eigenvalue weighted by atomic mass is 10.0. The van der Waals surface area contributed by atoms with Crippen molar-refractivity contribution < 1.29 is 9.18 Å². The predicted octanol–water partition coefficient (Wildman–Crippen LogP) is 5.15. The van der Waals surface area contributed by atoms with Crippen LogP contribution in [0, 0.1) is 5.82 Å². The van der Waals surface area contributed by atoms with E-state index < -0.39 is 0 Å². The Morgan fingerprint density at radius 2 is 1.71 bits per heavy atom. The summed E-state index contributed by atoms with van der Waals surface area (Å²) in [5.41, 5.74) is 4.51. The van der Waals surface area contributed by atoms with E-state index in [4.69, 9.17) is 0 Å². The molecule has 31 heavy (non-hydrogen) atoms. The summed E-state index contributed by atoms with van der Waals surface area (Å²) in [6.07, 6.45) is 6.85. The average molecular weight is 411 g/mol. The van der Waals surface area contributed by atoms with Crippen LogP contribution in [-0.2, 0) is 19.4 Å². The van der Waals surface area contributed by atoms with E-state index in [0.717, 1.165) is 35.2 Å². The molecule has 5 heteroatoms. The third-order valence-corrected chi connectivity index (χ3v) is 4.95. The Hall–Kier alpha value is -3.86. The first-order valence-corrected chi connectivity index (χ1v) is 10.2. The highest BCUT2D eigenvalue weighted by molar-refractivity contribution is 6.06. The molecular weight excluding hydrogens is 389 g/mol. The zero-order valence-electron chi connectivity index (χ0n) is 17.0. The van der Waals surface area contributed by atoms with E-state index >= 15 is 0 Å². The van der Waals surface area contributed by atoms with Gasteiger partial charge < -0.3 is 0 Å². The number of benzene rings is 3. The molecule has 154 valence electrons. The van der Waals surface area contributed by atoms with Gasteiger partial charge in [-0.3, -0.25) is 4.79 Å². The molecule has 4 nitrogen and oxygen atoms in total. The van der Waals surface area contributed by atoms with Crippen molar-refractivity contribution in [3.05, 3.63) is 125 Å². The van der Waals surface area contributed by atoms with Crippen LogP contribution in [0.3, 0.4) is 0 Å². The zero-order chi connectivity index (χ0) is 21.5. The summed E-state index contributed by atoms with van der Waals surface area (Å²) >= 11 is 0. The summed E-state index contributed by atoms with van der Waals surface area (Å²) in [6, 6.07) is 23.9. The lowest BCUT2D eigenvalue weighted by Gasteiger charge is -2.02. The quantitative estimate of drug-likeness (QED) is 0.298. The Kier molecular flexibility index (Phi) is 6.43. The van der Waals surface area contributed by atoms with Gasteiger partial charge in [0.1, 0.15) is 5.82 Å². The summed E-state index contributed by atoms with van der Waals surface area (Å²) in [5, 5.41) is 8.33. The van der Waals surface area contributed by atoms with Gasteiger partial charge in [-0.1, -0.05) is 78.0 Å². The molecule has 0 spiro atoms. The second-order valence-corrected chi connectivity index (χ2v) is 7.34. The van der Waals surface area contributed by atoms with Crippen molar-refractivity contribution >= 4 is 11.9 Å². The van der Waals surface area contributed by atoms with Crippen molar-refractivity contribution in [3.63, 3.8) is 0 Å². The first-order valence-electron chi connectivity index (χ1n) is 10.2. The van der Waals surface area contributed by atoms with E-state index in [1.807, 2.05) is 72.9 Å². The van der Waals surface area contributed by atoms with Gasteiger partial charge in [0.25, 0.3) is 0 Å². The molecule has 0 saturated carbocycles. The Morgan fingerprint density at radius 1 is 0.903 bits per heavy atom. The summed E-state index contributed by atoms with van der Waals surface area (Å²) in [7, 11) is 0. The fourth-order valence-corrected chi connectivity index (χ4v) is 3.29. The summed E-state index contributed by atoms with van der Waals surface area (Å²) in [5.74, 6) is -0.272. The number of hydrogen-bond donors (Lipinski definition) is 0. The Morgan fingerprint density at radius 3 is 2.48 bits per heavy atom. The highest BCUT2D eigenvalue weighted by Gasteiger charge is 2.05. The Labute approximate surface area is 180 Å². The van der Waals surface area contributed by atoms with Crippen LogP contribution in [0.25, 0.3) is 6.08 Å². The predicted molar refractivity (Wildman–Crippen MR) is 119 cm³/mol. The molecular formula is C26H22FN3O. The average Bonchev–Trinajstić information content (AvgIpc) is 3.24. The van der Waals surface area contributed by atoms with Gasteiger partial charge in [0.2, 0.25) is 0 Å². The van der Waals surface area contributed by atoms with Crippen molar-refractivity contribution in [2.45, 2.75) is 19.4 Å². The number of rotatable bonds is 8. The molecule has 0 saturated heterocycles. The highest BCUT2D eigenvalue weighted by atomic mass is 19.1. The largest absolute Gasteiger partial charge is 0.289 e. The van der Waals surface area contributed by atoms with Crippen LogP contribution in [0.5, 0.6) is 0 Å². The first kappa shape index (κ1) is 20.4. The lowest BCUT2D eigenvalue weighted by Crippen LogP contribution is -2.00. The van der Waals surface area contributed by atoms with E-state index in [1.165, 1.54) is 12.1 Å². The van der Waals surface area contributed by atoms with Crippen LogP contribution in [0.1, 0.15) is 32.7 Å². The molecule has 0 atom stereocenters. The molecule has 0 aliphatic heterocycles. The number of aromatic nitrogens is 3. The number of ketones is 1. The maximum absolute atomic E-state index is 13.3. The van der Waals surface area contributed by atoms with Gasteiger partial charge in [0.15, 0.2) is 5.78 Å². The fourth-order valence-electron chi connectivity index (χ4n) is 3.29. The second-order valence-electron chi connectivity index (χ2n) is 7.34. The van der Waals surface area contributed by atoms with Gasteiger partial charge in [-0.2, -0.15) is 0 Å². The summed E-state index contributed by atoms with van der Waals surface area (Å²) < 4.78 is 15.0. The number of aryl methyl sites for hydroxylation is 2. The SMILES string of the molecule is O=C(/C=C/c1ccccc1)c1ccc(CCc2cn(Cc3cccc(F)c3)nn2)cc1. The molecule has 1 heterocycles. The van der Waals surface area contributed by atoms with E-state index in [0.29, 0.717) is 12.1 Å². The van der Waals surface area contributed by atoms with Gasteiger partial charge in [-0.25, -0.2) is 9.07 Å². The number of nitrogens with zero attached hydrogens (tertiary/aromatic N) is 3. The molecule has 0 N–H and O–H groups in total. The molecule has 1 aromatic heterocycles. The van der Waals surface area contributed by atoms with E-state index in [9.17, 15) is 9.18 Å². The number of allylic oxidation sites excluding steroid dienone is 1. The van der Waals surface area contributed by atoms with Crippen molar-refractivity contribution in [1.29, 1.82) is 0 Å². The minimum absolute atomic E-state index is 0.0179. The van der Waals surface area contributed by atoms with Gasteiger partial charge >= 0.3 is 0 Å². The standard InChI is InChI=1S/C26H22FN3O/c27-24-8-4-7-22(17-24)18-30-19-25(28-29-30)15-11-21-9-13-23(14-10-21)26(31)16-12-20-5-2-1-3-6-20/h1-10,12-14,16-17,19H,11,15,18H2/b16-12+.